The van der Waals surface area contributed by atoms with Crippen molar-refractivity contribution in [3.63, 3.8) is 0 Å². The molecule has 0 amide bonds. The van der Waals surface area contributed by atoms with Crippen LogP contribution in [0.15, 0.2) is 212 Å². The summed E-state index contributed by atoms with van der Waals surface area (Å²) >= 11 is 1.79. The van der Waals surface area contributed by atoms with Crippen molar-refractivity contribution in [3.05, 3.63) is 212 Å². The van der Waals surface area contributed by atoms with Gasteiger partial charge in [-0.05, 0) is 90.0 Å². The highest BCUT2D eigenvalue weighted by molar-refractivity contribution is 7.26. The summed E-state index contributed by atoms with van der Waals surface area (Å²) in [6, 6.07) is 75.9. The Labute approximate surface area is 356 Å². The van der Waals surface area contributed by atoms with Crippen LogP contribution in [-0.4, -0.2) is 15.0 Å². The van der Waals surface area contributed by atoms with E-state index < -0.39 is 0 Å². The first-order valence-corrected chi connectivity index (χ1v) is 21.4. The van der Waals surface area contributed by atoms with Crippen molar-refractivity contribution in [1.82, 2.24) is 15.0 Å². The molecule has 0 N–H and O–H groups in total. The minimum atomic E-state index is 0.640. The van der Waals surface area contributed by atoms with E-state index in [1.807, 2.05) is 18.2 Å². The van der Waals surface area contributed by atoms with E-state index in [9.17, 15) is 0 Å². The molecule has 12 aromatic rings. The van der Waals surface area contributed by atoms with Gasteiger partial charge in [0, 0.05) is 36.9 Å². The Kier molecular flexibility index (Phi) is 8.36. The Morgan fingerprint density at radius 2 is 0.869 bits per heavy atom. The van der Waals surface area contributed by atoms with Crippen LogP contribution < -0.4 is 0 Å². The third-order valence-electron chi connectivity index (χ3n) is 11.9. The molecule has 0 radical (unpaired) electrons. The molecule has 10 aromatic carbocycles. The highest BCUT2D eigenvalue weighted by Gasteiger charge is 2.20. The Hall–Kier alpha value is -7.79. The minimum Gasteiger partial charge on any atom is -0.208 e. The molecule has 0 fully saturated rings. The monoisotopic (exact) mass is 793 g/mol. The number of nitrogens with zero attached hydrogens (tertiary/aromatic N) is 3. The SMILES string of the molecule is c1ccc(-c2nc(-c3ccccc3-c3cc4ccc(-c5c(-c6ccccc6)ccc6ccccc56)cc4c4ccccc34)nc(-c3cccc4c3sc3ccccc34)n2)cc1. The number of aromatic nitrogens is 3. The van der Waals surface area contributed by atoms with Gasteiger partial charge in [-0.1, -0.05) is 188 Å². The Morgan fingerprint density at radius 3 is 1.69 bits per heavy atom. The smallest absolute Gasteiger partial charge is 0.165 e. The zero-order valence-electron chi connectivity index (χ0n) is 33.0. The molecule has 12 rings (SSSR count). The van der Waals surface area contributed by atoms with Gasteiger partial charge in [0.05, 0.1) is 0 Å². The van der Waals surface area contributed by atoms with Gasteiger partial charge in [-0.3, -0.25) is 0 Å². The van der Waals surface area contributed by atoms with Crippen LogP contribution in [0, 0.1) is 0 Å². The van der Waals surface area contributed by atoms with Crippen LogP contribution in [0.25, 0.3) is 120 Å². The number of rotatable bonds is 6. The Bertz CT molecular complexity index is 3650. The molecule has 0 bridgehead atoms. The minimum absolute atomic E-state index is 0.640. The highest BCUT2D eigenvalue weighted by Crippen LogP contribution is 2.44. The Balaban J connectivity index is 1.06. The predicted molar refractivity (Wildman–Crippen MR) is 258 cm³/mol. The lowest BCUT2D eigenvalue weighted by atomic mass is 9.87. The summed E-state index contributed by atoms with van der Waals surface area (Å²) in [5.41, 5.74) is 9.99. The van der Waals surface area contributed by atoms with E-state index in [1.54, 1.807) is 11.3 Å². The van der Waals surface area contributed by atoms with Crippen molar-refractivity contribution in [1.29, 1.82) is 0 Å². The topological polar surface area (TPSA) is 38.7 Å². The van der Waals surface area contributed by atoms with Crippen molar-refractivity contribution in [2.45, 2.75) is 0 Å². The fourth-order valence-electron chi connectivity index (χ4n) is 9.09. The second-order valence-electron chi connectivity index (χ2n) is 15.5. The molecule has 0 spiro atoms. The predicted octanol–water partition coefficient (Wildman–Crippen LogP) is 15.7. The molecule has 4 heteroatoms. The highest BCUT2D eigenvalue weighted by atomic mass is 32.1. The normalized spacial score (nSPS) is 11.6. The van der Waals surface area contributed by atoms with Crippen LogP contribution in [0.2, 0.25) is 0 Å². The molecule has 0 unspecified atom stereocenters. The van der Waals surface area contributed by atoms with Crippen LogP contribution in [0.1, 0.15) is 0 Å². The summed E-state index contributed by atoms with van der Waals surface area (Å²) in [6.07, 6.45) is 0. The van der Waals surface area contributed by atoms with Crippen molar-refractivity contribution in [2.75, 3.05) is 0 Å². The lowest BCUT2D eigenvalue weighted by molar-refractivity contribution is 1.08. The molecule has 0 aliphatic rings. The molecular weight excluding hydrogens is 759 g/mol. The molecule has 284 valence electrons. The van der Waals surface area contributed by atoms with Crippen LogP contribution in [-0.2, 0) is 0 Å². The number of benzene rings is 10. The summed E-state index contributed by atoms with van der Waals surface area (Å²) in [5, 5.41) is 9.69. The number of thiophene rings is 1. The van der Waals surface area contributed by atoms with Gasteiger partial charge in [-0.25, -0.2) is 15.0 Å². The van der Waals surface area contributed by atoms with Gasteiger partial charge in [0.1, 0.15) is 0 Å². The van der Waals surface area contributed by atoms with E-state index in [0.29, 0.717) is 17.5 Å². The van der Waals surface area contributed by atoms with Gasteiger partial charge in [0.15, 0.2) is 17.5 Å². The molecule has 0 saturated carbocycles. The summed E-state index contributed by atoms with van der Waals surface area (Å²) in [7, 11) is 0. The van der Waals surface area contributed by atoms with Crippen LogP contribution in [0.4, 0.5) is 0 Å². The van der Waals surface area contributed by atoms with E-state index in [-0.39, 0.29) is 0 Å². The quantitative estimate of drug-likeness (QED) is 0.157. The average Bonchev–Trinajstić information content (AvgIpc) is 3.73. The van der Waals surface area contributed by atoms with E-state index in [2.05, 4.69) is 194 Å². The van der Waals surface area contributed by atoms with Crippen molar-refractivity contribution >= 4 is 63.8 Å². The summed E-state index contributed by atoms with van der Waals surface area (Å²) in [6.45, 7) is 0. The molecular formula is C57H35N3S. The fourth-order valence-corrected chi connectivity index (χ4v) is 10.3. The Morgan fingerprint density at radius 1 is 0.279 bits per heavy atom. The van der Waals surface area contributed by atoms with Crippen LogP contribution >= 0.6 is 11.3 Å². The number of fused-ring (bicyclic) bond motifs is 7. The second kappa shape index (κ2) is 14.5. The third kappa shape index (κ3) is 5.99. The summed E-state index contributed by atoms with van der Waals surface area (Å²) < 4.78 is 2.42. The zero-order chi connectivity index (χ0) is 40.3. The molecule has 2 heterocycles. The van der Waals surface area contributed by atoms with E-state index in [4.69, 9.17) is 15.0 Å². The first kappa shape index (κ1) is 35.2. The first-order chi connectivity index (χ1) is 30.2. The van der Waals surface area contributed by atoms with Crippen LogP contribution in [0.3, 0.4) is 0 Å². The van der Waals surface area contributed by atoms with Crippen LogP contribution in [0.5, 0.6) is 0 Å². The lowest BCUT2D eigenvalue weighted by Crippen LogP contribution is -2.01. The maximum absolute atomic E-state index is 5.34. The molecule has 0 aliphatic heterocycles. The molecule has 61 heavy (non-hydrogen) atoms. The molecule has 0 saturated heterocycles. The molecule has 2 aromatic heterocycles. The van der Waals surface area contributed by atoms with Gasteiger partial charge < -0.3 is 0 Å². The first-order valence-electron chi connectivity index (χ1n) is 20.6. The zero-order valence-corrected chi connectivity index (χ0v) is 33.8. The standard InChI is InChI=1S/C57H35N3S/c1-3-16-36(17-4-1)42-33-32-37-18-7-8-21-41(37)53(42)40-31-30-39-34-51(44-23-10-9-22-43(44)50(39)35-40)45-24-11-12-26-48(45)56-58-55(38-19-5-2-6-20-38)59-57(60-56)49-28-15-27-47-46-25-13-14-29-52(46)61-54(47)49/h1-35H. The molecule has 0 atom stereocenters. The maximum atomic E-state index is 5.34. The molecule has 3 nitrogen and oxygen atoms in total. The fraction of sp³-hybridized carbons (Fsp3) is 0. The average molecular weight is 794 g/mol. The van der Waals surface area contributed by atoms with Crippen molar-refractivity contribution < 1.29 is 0 Å². The van der Waals surface area contributed by atoms with Gasteiger partial charge in [-0.15, -0.1) is 11.3 Å². The number of hydrogen-bond donors (Lipinski definition) is 0. The van der Waals surface area contributed by atoms with E-state index in [1.165, 1.54) is 74.7 Å². The van der Waals surface area contributed by atoms with Crippen molar-refractivity contribution in [2.24, 2.45) is 0 Å². The third-order valence-corrected chi connectivity index (χ3v) is 13.2. The summed E-state index contributed by atoms with van der Waals surface area (Å²) in [4.78, 5) is 15.7. The van der Waals surface area contributed by atoms with Crippen molar-refractivity contribution in [3.8, 4) is 67.5 Å². The number of hydrogen-bond acceptors (Lipinski definition) is 4. The van der Waals surface area contributed by atoms with Gasteiger partial charge >= 0.3 is 0 Å². The summed E-state index contributed by atoms with van der Waals surface area (Å²) in [5.74, 6) is 1.95. The van der Waals surface area contributed by atoms with E-state index in [0.717, 1.165) is 27.8 Å². The van der Waals surface area contributed by atoms with E-state index >= 15 is 0 Å². The van der Waals surface area contributed by atoms with Gasteiger partial charge in [0.2, 0.25) is 0 Å². The molecule has 0 aliphatic carbocycles. The van der Waals surface area contributed by atoms with Gasteiger partial charge in [-0.2, -0.15) is 0 Å². The van der Waals surface area contributed by atoms with Gasteiger partial charge in [0.25, 0.3) is 0 Å². The lowest BCUT2D eigenvalue weighted by Gasteiger charge is -2.17. The second-order valence-corrected chi connectivity index (χ2v) is 16.5. The largest absolute Gasteiger partial charge is 0.208 e. The maximum Gasteiger partial charge on any atom is 0.165 e.